The van der Waals surface area contributed by atoms with Crippen molar-refractivity contribution >= 4 is 23.3 Å². The number of cyclic esters (lactones) is 1. The second kappa shape index (κ2) is 8.95. The first-order chi connectivity index (χ1) is 13.8. The van der Waals surface area contributed by atoms with Crippen molar-refractivity contribution in [1.82, 2.24) is 0 Å². The highest BCUT2D eigenvalue weighted by molar-refractivity contribution is 7.99. The first-order valence-corrected chi connectivity index (χ1v) is 10.8. The van der Waals surface area contributed by atoms with E-state index in [1.54, 1.807) is 18.9 Å². The van der Waals surface area contributed by atoms with Crippen molar-refractivity contribution in [3.63, 3.8) is 0 Å². The molecule has 29 heavy (non-hydrogen) atoms. The summed E-state index contributed by atoms with van der Waals surface area (Å²) in [5.74, 6) is 1.35. The van der Waals surface area contributed by atoms with E-state index >= 15 is 0 Å². The Kier molecular flexibility index (Phi) is 6.58. The minimum Gasteiger partial charge on any atom is -0.511 e. The zero-order chi connectivity index (χ0) is 21.1. The van der Waals surface area contributed by atoms with Crippen molar-refractivity contribution in [1.29, 1.82) is 0 Å². The van der Waals surface area contributed by atoms with Crippen molar-refractivity contribution in [2.24, 2.45) is 5.92 Å². The molecule has 1 N–H and O–H groups in total. The van der Waals surface area contributed by atoms with E-state index in [1.165, 1.54) is 0 Å². The zero-order valence-corrected chi connectivity index (χ0v) is 18.4. The smallest absolute Gasteiger partial charge is 0.342 e. The fourth-order valence-corrected chi connectivity index (χ4v) is 4.98. The number of aliphatic hydroxyl groups excluding tert-OH is 1. The lowest BCUT2D eigenvalue weighted by Gasteiger charge is -2.29. The van der Waals surface area contributed by atoms with Crippen LogP contribution in [-0.2, 0) is 9.53 Å². The van der Waals surface area contributed by atoms with Gasteiger partial charge in [-0.25, -0.2) is 4.79 Å². The van der Waals surface area contributed by atoms with Crippen LogP contribution in [0.3, 0.4) is 0 Å². The number of hydrogen-bond acceptors (Lipinski definition) is 5. The molecular weight excluding hydrogens is 384 g/mol. The van der Waals surface area contributed by atoms with Crippen LogP contribution in [0.25, 0.3) is 5.57 Å². The number of para-hydroxylation sites is 1. The van der Waals surface area contributed by atoms with Gasteiger partial charge in [0, 0.05) is 23.0 Å². The van der Waals surface area contributed by atoms with Gasteiger partial charge in [0.05, 0.1) is 7.11 Å². The highest BCUT2D eigenvalue weighted by Gasteiger charge is 2.34. The van der Waals surface area contributed by atoms with E-state index in [9.17, 15) is 9.90 Å². The van der Waals surface area contributed by atoms with Gasteiger partial charge in [-0.1, -0.05) is 36.8 Å². The maximum atomic E-state index is 12.8. The molecule has 2 aromatic rings. The first kappa shape index (κ1) is 21.3. The van der Waals surface area contributed by atoms with E-state index in [1.807, 2.05) is 64.1 Å². The van der Waals surface area contributed by atoms with Crippen LogP contribution in [0.1, 0.15) is 35.6 Å². The summed E-state index contributed by atoms with van der Waals surface area (Å²) in [6, 6.07) is 11.9. The largest absolute Gasteiger partial charge is 0.511 e. The van der Waals surface area contributed by atoms with Gasteiger partial charge >= 0.3 is 5.97 Å². The molecule has 0 aromatic heterocycles. The van der Waals surface area contributed by atoms with Gasteiger partial charge in [-0.3, -0.25) is 0 Å². The number of carbonyl (C=O) groups is 1. The third kappa shape index (κ3) is 4.61. The maximum Gasteiger partial charge on any atom is 0.342 e. The van der Waals surface area contributed by atoms with Crippen LogP contribution in [0.4, 0.5) is 0 Å². The lowest BCUT2D eigenvalue weighted by atomic mass is 9.89. The molecule has 0 spiro atoms. The summed E-state index contributed by atoms with van der Waals surface area (Å²) in [5, 5.41) is 10.7. The predicted octanol–water partition coefficient (Wildman–Crippen LogP) is 5.63. The Hall–Kier alpha value is -2.40. The molecule has 0 saturated heterocycles. The van der Waals surface area contributed by atoms with Crippen molar-refractivity contribution in [3.05, 3.63) is 64.4 Å². The lowest BCUT2D eigenvalue weighted by Crippen LogP contribution is -2.32. The maximum absolute atomic E-state index is 12.8. The molecule has 5 heteroatoms. The van der Waals surface area contributed by atoms with Gasteiger partial charge in [0.25, 0.3) is 0 Å². The van der Waals surface area contributed by atoms with Gasteiger partial charge in [-0.05, 0) is 49.6 Å². The fourth-order valence-electron chi connectivity index (χ4n) is 3.85. The molecule has 1 heterocycles. The molecule has 4 nitrogen and oxygen atoms in total. The Labute approximate surface area is 176 Å². The molecule has 2 unspecified atom stereocenters. The number of aliphatic hydroxyl groups is 1. The number of esters is 1. The number of hydrogen-bond donors (Lipinski definition) is 1. The third-order valence-electron chi connectivity index (χ3n) is 5.28. The summed E-state index contributed by atoms with van der Waals surface area (Å²) in [6.07, 6.45) is -0.0129. The van der Waals surface area contributed by atoms with Crippen LogP contribution in [0, 0.1) is 26.7 Å². The molecule has 0 bridgehead atoms. The van der Waals surface area contributed by atoms with Crippen molar-refractivity contribution in [2.45, 2.75) is 45.1 Å². The molecule has 0 radical (unpaired) electrons. The zero-order valence-electron chi connectivity index (χ0n) is 17.6. The van der Waals surface area contributed by atoms with E-state index < -0.39 is 5.97 Å². The summed E-state index contributed by atoms with van der Waals surface area (Å²) in [4.78, 5) is 13.9. The minimum atomic E-state index is -0.442. The van der Waals surface area contributed by atoms with Crippen LogP contribution in [0.2, 0.25) is 0 Å². The second-order valence-electron chi connectivity index (χ2n) is 7.68. The van der Waals surface area contributed by atoms with Crippen LogP contribution >= 0.6 is 11.8 Å². The lowest BCUT2D eigenvalue weighted by molar-refractivity contribution is -0.145. The van der Waals surface area contributed by atoms with Crippen LogP contribution < -0.4 is 4.74 Å². The third-order valence-corrected chi connectivity index (χ3v) is 6.62. The summed E-state index contributed by atoms with van der Waals surface area (Å²) >= 11 is 1.67. The average Bonchev–Trinajstić information content (AvgIpc) is 2.67. The molecular formula is C24H28O4S. The molecule has 1 aliphatic heterocycles. The van der Waals surface area contributed by atoms with Crippen molar-refractivity contribution in [3.8, 4) is 5.75 Å². The van der Waals surface area contributed by atoms with E-state index in [2.05, 4.69) is 0 Å². The van der Waals surface area contributed by atoms with Gasteiger partial charge in [0.1, 0.15) is 23.2 Å². The van der Waals surface area contributed by atoms with Gasteiger partial charge in [0.2, 0.25) is 0 Å². The number of benzene rings is 2. The Balaban J connectivity index is 1.76. The number of carbonyl (C=O) groups excluding carboxylic acids is 1. The Morgan fingerprint density at radius 1 is 1.21 bits per heavy atom. The van der Waals surface area contributed by atoms with Crippen LogP contribution in [0.5, 0.6) is 5.75 Å². The molecule has 1 aliphatic rings. The normalized spacial score (nSPS) is 17.8. The molecule has 0 saturated carbocycles. The highest BCUT2D eigenvalue weighted by atomic mass is 32.2. The summed E-state index contributed by atoms with van der Waals surface area (Å²) in [5.41, 5.74) is 4.17. The number of aryl methyl sites for hydroxylation is 3. The molecule has 0 aliphatic carbocycles. The van der Waals surface area contributed by atoms with E-state index in [0.717, 1.165) is 38.7 Å². The number of ether oxygens (including phenoxy) is 2. The predicted molar refractivity (Wildman–Crippen MR) is 118 cm³/mol. The summed E-state index contributed by atoms with van der Waals surface area (Å²) in [6.45, 7) is 7.98. The molecule has 2 atom stereocenters. The SMILES string of the molecule is COc1ccccc1SCC(C)C1CC(O)=C(c2c(C)cc(C)cc2C)C(=O)O1. The van der Waals surface area contributed by atoms with Gasteiger partial charge in [-0.2, -0.15) is 0 Å². The number of thioether (sulfide) groups is 1. The Morgan fingerprint density at radius 2 is 1.86 bits per heavy atom. The van der Waals surface area contributed by atoms with E-state index in [4.69, 9.17) is 9.47 Å². The van der Waals surface area contributed by atoms with Crippen LogP contribution in [-0.4, -0.2) is 30.0 Å². The molecule has 0 fully saturated rings. The topological polar surface area (TPSA) is 55.8 Å². The molecule has 0 amide bonds. The van der Waals surface area contributed by atoms with E-state index in [0.29, 0.717) is 12.0 Å². The first-order valence-electron chi connectivity index (χ1n) is 9.79. The number of rotatable bonds is 6. The van der Waals surface area contributed by atoms with Crippen molar-refractivity contribution in [2.75, 3.05) is 12.9 Å². The van der Waals surface area contributed by atoms with Crippen LogP contribution in [0.15, 0.2) is 47.1 Å². The summed E-state index contributed by atoms with van der Waals surface area (Å²) in [7, 11) is 1.66. The Morgan fingerprint density at radius 3 is 2.48 bits per heavy atom. The Bertz CT molecular complexity index is 925. The monoisotopic (exact) mass is 412 g/mol. The van der Waals surface area contributed by atoms with Crippen molar-refractivity contribution < 1.29 is 19.4 Å². The molecule has 2 aromatic carbocycles. The van der Waals surface area contributed by atoms with Gasteiger partial charge in [-0.15, -0.1) is 11.8 Å². The quantitative estimate of drug-likeness (QED) is 0.492. The fraction of sp³-hybridized carbons (Fsp3) is 0.375. The highest BCUT2D eigenvalue weighted by Crippen LogP contribution is 2.36. The summed E-state index contributed by atoms with van der Waals surface area (Å²) < 4.78 is 11.2. The molecule has 3 rings (SSSR count). The standard InChI is InChI=1S/C24H28O4S/c1-14-10-15(2)22(16(3)11-14)23-18(25)12-20(28-24(23)26)17(4)13-29-21-9-7-6-8-19(21)27-5/h6-11,17,20,25H,12-13H2,1-5H3. The van der Waals surface area contributed by atoms with Gasteiger partial charge in [0.15, 0.2) is 0 Å². The second-order valence-corrected chi connectivity index (χ2v) is 8.74. The minimum absolute atomic E-state index is 0.0813. The number of methoxy groups -OCH3 is 1. The van der Waals surface area contributed by atoms with E-state index in [-0.39, 0.29) is 17.8 Å². The average molecular weight is 413 g/mol. The van der Waals surface area contributed by atoms with Gasteiger partial charge < -0.3 is 14.6 Å². The molecule has 154 valence electrons.